The highest BCUT2D eigenvalue weighted by Gasteiger charge is 2.49. The third-order valence-electron chi connectivity index (χ3n) is 4.42. The summed E-state index contributed by atoms with van der Waals surface area (Å²) in [5, 5.41) is 4.49. The SMILES string of the molecule is C/C(=C1\C(=O)N(c2nc3ccccc3s2)N=C1C(F)(F)F)N1CCOCC1.O. The summed E-state index contributed by atoms with van der Waals surface area (Å²) in [6.07, 6.45) is -4.75. The molecule has 0 atom stereocenters. The monoisotopic (exact) mass is 414 g/mol. The highest BCUT2D eigenvalue weighted by molar-refractivity contribution is 7.22. The van der Waals surface area contributed by atoms with Crippen molar-refractivity contribution in [2.75, 3.05) is 31.3 Å². The molecule has 7 nitrogen and oxygen atoms in total. The lowest BCUT2D eigenvalue weighted by atomic mass is 10.1. The maximum atomic E-state index is 13.6. The number of fused-ring (bicyclic) bond motifs is 1. The van der Waals surface area contributed by atoms with Crippen LogP contribution in [0.25, 0.3) is 10.2 Å². The van der Waals surface area contributed by atoms with Gasteiger partial charge in [0.25, 0.3) is 5.91 Å². The molecule has 150 valence electrons. The summed E-state index contributed by atoms with van der Waals surface area (Å²) in [6, 6.07) is 7.10. The average molecular weight is 414 g/mol. The van der Waals surface area contributed by atoms with Crippen molar-refractivity contribution >= 4 is 38.3 Å². The topological polar surface area (TPSA) is 89.5 Å². The Hall–Kier alpha value is -2.50. The Kier molecular flexibility index (Phi) is 5.41. The third-order valence-corrected chi connectivity index (χ3v) is 5.43. The van der Waals surface area contributed by atoms with Crippen LogP contribution in [0.15, 0.2) is 40.6 Å². The number of aromatic nitrogens is 1. The number of alkyl halides is 3. The van der Waals surface area contributed by atoms with Gasteiger partial charge in [0, 0.05) is 18.8 Å². The van der Waals surface area contributed by atoms with E-state index < -0.39 is 23.4 Å². The zero-order valence-electron chi connectivity index (χ0n) is 14.8. The molecular weight excluding hydrogens is 397 g/mol. The number of carbonyl (C=O) groups excluding carboxylic acids is 1. The summed E-state index contributed by atoms with van der Waals surface area (Å²) in [7, 11) is 0. The number of hydrazone groups is 1. The van der Waals surface area contributed by atoms with E-state index in [1.807, 2.05) is 0 Å². The van der Waals surface area contributed by atoms with Gasteiger partial charge in [-0.1, -0.05) is 23.5 Å². The lowest BCUT2D eigenvalue weighted by Gasteiger charge is -2.30. The molecule has 2 aromatic rings. The van der Waals surface area contributed by atoms with E-state index in [2.05, 4.69) is 10.1 Å². The van der Waals surface area contributed by atoms with E-state index in [4.69, 9.17) is 4.74 Å². The fourth-order valence-corrected chi connectivity index (χ4v) is 3.98. The molecule has 1 aromatic heterocycles. The first-order valence-corrected chi connectivity index (χ1v) is 9.07. The molecule has 0 saturated carbocycles. The number of rotatable bonds is 2. The Balaban J connectivity index is 0.00000225. The number of allylic oxidation sites excluding steroid dienone is 1. The van der Waals surface area contributed by atoms with Crippen LogP contribution in [-0.4, -0.2) is 59.5 Å². The number of anilines is 1. The summed E-state index contributed by atoms with van der Waals surface area (Å²) in [5.41, 5.74) is -0.751. The minimum atomic E-state index is -4.75. The molecule has 0 aliphatic carbocycles. The first kappa shape index (κ1) is 20.2. The van der Waals surface area contributed by atoms with E-state index in [0.717, 1.165) is 21.0 Å². The number of halogens is 3. The summed E-state index contributed by atoms with van der Waals surface area (Å²) < 4.78 is 46.8. The number of ether oxygens (including phenoxy) is 1. The second kappa shape index (κ2) is 7.49. The summed E-state index contributed by atoms with van der Waals surface area (Å²) in [4.78, 5) is 18.9. The van der Waals surface area contributed by atoms with Crippen molar-refractivity contribution in [2.24, 2.45) is 5.10 Å². The molecule has 28 heavy (non-hydrogen) atoms. The zero-order valence-corrected chi connectivity index (χ0v) is 15.6. The molecule has 11 heteroatoms. The zero-order chi connectivity index (χ0) is 19.2. The first-order chi connectivity index (χ1) is 12.9. The van der Waals surface area contributed by atoms with Gasteiger partial charge in [-0.3, -0.25) is 4.79 Å². The Morgan fingerprint density at radius 1 is 1.21 bits per heavy atom. The number of hydrogen-bond donors (Lipinski definition) is 0. The maximum Gasteiger partial charge on any atom is 0.436 e. The van der Waals surface area contributed by atoms with Gasteiger partial charge in [0.1, 0.15) is 0 Å². The van der Waals surface area contributed by atoms with Crippen LogP contribution in [0.2, 0.25) is 0 Å². The molecular formula is C17H17F3N4O3S. The van der Waals surface area contributed by atoms with Gasteiger partial charge in [-0.25, -0.2) is 4.98 Å². The Bertz CT molecular complexity index is 931. The smallest absolute Gasteiger partial charge is 0.412 e. The maximum absolute atomic E-state index is 13.6. The molecule has 1 amide bonds. The quantitative estimate of drug-likeness (QED) is 0.706. The molecule has 4 rings (SSSR count). The molecule has 0 bridgehead atoms. The fourth-order valence-electron chi connectivity index (χ4n) is 3.06. The Morgan fingerprint density at radius 3 is 2.54 bits per heavy atom. The van der Waals surface area contributed by atoms with Crippen molar-refractivity contribution in [3.05, 3.63) is 35.5 Å². The molecule has 2 aliphatic rings. The van der Waals surface area contributed by atoms with Crippen molar-refractivity contribution < 1.29 is 28.2 Å². The van der Waals surface area contributed by atoms with Gasteiger partial charge in [0.05, 0.1) is 29.0 Å². The van der Waals surface area contributed by atoms with E-state index in [9.17, 15) is 18.0 Å². The number of hydrogen-bond acceptors (Lipinski definition) is 6. The van der Waals surface area contributed by atoms with Gasteiger partial charge in [-0.15, -0.1) is 0 Å². The van der Waals surface area contributed by atoms with Crippen LogP contribution in [0.5, 0.6) is 0 Å². The normalized spacial score (nSPS) is 19.7. The molecule has 1 aromatic carbocycles. The van der Waals surface area contributed by atoms with Crippen LogP contribution in [-0.2, 0) is 9.53 Å². The molecule has 2 N–H and O–H groups in total. The molecule has 2 aliphatic heterocycles. The lowest BCUT2D eigenvalue weighted by molar-refractivity contribution is -0.114. The number of amides is 1. The highest BCUT2D eigenvalue weighted by Crippen LogP contribution is 2.36. The van der Waals surface area contributed by atoms with E-state index >= 15 is 0 Å². The van der Waals surface area contributed by atoms with Gasteiger partial charge in [-0.2, -0.15) is 23.3 Å². The molecule has 0 radical (unpaired) electrons. The number of thiazole rings is 1. The summed E-state index contributed by atoms with van der Waals surface area (Å²) >= 11 is 1.12. The number of carbonyl (C=O) groups is 1. The van der Waals surface area contributed by atoms with E-state index in [0.29, 0.717) is 31.8 Å². The summed E-state index contributed by atoms with van der Waals surface area (Å²) in [5.74, 6) is -0.814. The second-order valence-electron chi connectivity index (χ2n) is 6.09. The first-order valence-electron chi connectivity index (χ1n) is 8.26. The van der Waals surface area contributed by atoms with Crippen molar-refractivity contribution in [1.82, 2.24) is 9.88 Å². The number of para-hydroxylation sites is 1. The lowest BCUT2D eigenvalue weighted by Crippen LogP contribution is -2.38. The van der Waals surface area contributed by atoms with E-state index in [1.54, 1.807) is 29.2 Å². The van der Waals surface area contributed by atoms with Crippen molar-refractivity contribution in [3.63, 3.8) is 0 Å². The van der Waals surface area contributed by atoms with Crippen molar-refractivity contribution in [2.45, 2.75) is 13.1 Å². The van der Waals surface area contributed by atoms with Gasteiger partial charge < -0.3 is 15.1 Å². The standard InChI is InChI=1S/C17H15F3N4O2S.H2O/c1-10(23-6-8-26-9-7-23)13-14(17(18,19)20)22-24(15(13)25)16-21-11-4-2-3-5-12(11)27-16;/h2-5H,6-9H2,1H3;1H2/b13-10+;. The Labute approximate surface area is 162 Å². The van der Waals surface area contributed by atoms with Crippen LogP contribution < -0.4 is 5.01 Å². The van der Waals surface area contributed by atoms with Crippen molar-refractivity contribution in [3.8, 4) is 0 Å². The average Bonchev–Trinajstić information content (AvgIpc) is 3.22. The van der Waals surface area contributed by atoms with Gasteiger partial charge in [0.15, 0.2) is 5.71 Å². The van der Waals surface area contributed by atoms with Gasteiger partial charge in [0.2, 0.25) is 5.13 Å². The van der Waals surface area contributed by atoms with Gasteiger partial charge >= 0.3 is 6.18 Å². The third kappa shape index (κ3) is 3.48. The number of morpholine rings is 1. The van der Waals surface area contributed by atoms with Crippen molar-refractivity contribution in [1.29, 1.82) is 0 Å². The summed E-state index contributed by atoms with van der Waals surface area (Å²) in [6.45, 7) is 3.17. The van der Waals surface area contributed by atoms with Crippen LogP contribution in [0, 0.1) is 0 Å². The predicted molar refractivity (Wildman–Crippen MR) is 99.3 cm³/mol. The van der Waals surface area contributed by atoms with Crippen LogP contribution in [0.3, 0.4) is 0 Å². The highest BCUT2D eigenvalue weighted by atomic mass is 32.1. The predicted octanol–water partition coefficient (Wildman–Crippen LogP) is 2.34. The van der Waals surface area contributed by atoms with Crippen LogP contribution in [0.1, 0.15) is 6.92 Å². The fraction of sp³-hybridized carbons (Fsp3) is 0.353. The van der Waals surface area contributed by atoms with E-state index in [1.165, 1.54) is 6.92 Å². The second-order valence-corrected chi connectivity index (χ2v) is 7.10. The van der Waals surface area contributed by atoms with Crippen LogP contribution in [0.4, 0.5) is 18.3 Å². The number of benzene rings is 1. The molecule has 0 unspecified atom stereocenters. The molecule has 1 fully saturated rings. The van der Waals surface area contributed by atoms with Gasteiger partial charge in [-0.05, 0) is 19.1 Å². The Morgan fingerprint density at radius 2 is 1.89 bits per heavy atom. The molecule has 3 heterocycles. The number of nitrogens with zero attached hydrogens (tertiary/aromatic N) is 4. The molecule has 0 spiro atoms. The molecule has 1 saturated heterocycles. The minimum Gasteiger partial charge on any atom is -0.412 e. The van der Waals surface area contributed by atoms with E-state index in [-0.39, 0.29) is 16.3 Å². The largest absolute Gasteiger partial charge is 0.436 e. The van der Waals surface area contributed by atoms with Crippen LogP contribution >= 0.6 is 11.3 Å². The minimum absolute atomic E-state index is 0.